The van der Waals surface area contributed by atoms with E-state index in [1.165, 1.54) is 13.1 Å². The highest BCUT2D eigenvalue weighted by Crippen LogP contribution is 2.26. The summed E-state index contributed by atoms with van der Waals surface area (Å²) in [6.07, 6.45) is 1.53. The molecule has 7 heteroatoms. The zero-order valence-electron chi connectivity index (χ0n) is 14.0. The third-order valence-corrected chi connectivity index (χ3v) is 3.56. The van der Waals surface area contributed by atoms with Crippen LogP contribution < -0.4 is 19.6 Å². The lowest BCUT2D eigenvalue weighted by molar-refractivity contribution is -0.118. The third kappa shape index (κ3) is 6.11. The molecule has 0 unspecified atom stereocenters. The quantitative estimate of drug-likeness (QED) is 0.414. The van der Waals surface area contributed by atoms with E-state index in [9.17, 15) is 4.79 Å². The zero-order chi connectivity index (χ0) is 18.1. The van der Waals surface area contributed by atoms with Crippen LogP contribution in [0.2, 0.25) is 0 Å². The molecule has 0 radical (unpaired) electrons. The first-order valence-corrected chi connectivity index (χ1v) is 8.37. The number of nitrogens with zero attached hydrogens (tertiary/aromatic N) is 1. The standard InChI is InChI=1S/C18H19BrN2O4/c1-13(22)21-20-12-14-11-15(19)7-8-16(14)24-9-10-25-18-6-4-3-5-17(18)23-2/h3-8,11-12H,9-10H2,1-2H3,(H,21,22)/b20-12+. The van der Waals surface area contributed by atoms with Gasteiger partial charge < -0.3 is 14.2 Å². The van der Waals surface area contributed by atoms with E-state index in [2.05, 4.69) is 26.5 Å². The second-order valence-corrected chi connectivity index (χ2v) is 5.87. The molecule has 0 heterocycles. The van der Waals surface area contributed by atoms with Crippen molar-refractivity contribution in [3.05, 3.63) is 52.5 Å². The lowest BCUT2D eigenvalue weighted by atomic mass is 10.2. The van der Waals surface area contributed by atoms with E-state index in [-0.39, 0.29) is 5.91 Å². The number of hydrazone groups is 1. The van der Waals surface area contributed by atoms with Crippen LogP contribution in [0.4, 0.5) is 0 Å². The number of nitrogens with one attached hydrogen (secondary N) is 1. The Labute approximate surface area is 154 Å². The van der Waals surface area contributed by atoms with Gasteiger partial charge >= 0.3 is 0 Å². The molecule has 0 spiro atoms. The first-order chi connectivity index (χ1) is 12.1. The minimum atomic E-state index is -0.237. The number of benzene rings is 2. The van der Waals surface area contributed by atoms with Gasteiger partial charge in [0, 0.05) is 17.0 Å². The molecule has 0 aliphatic heterocycles. The van der Waals surface area contributed by atoms with Crippen molar-refractivity contribution >= 4 is 28.1 Å². The third-order valence-electron chi connectivity index (χ3n) is 3.07. The van der Waals surface area contributed by atoms with E-state index in [1.807, 2.05) is 42.5 Å². The Kier molecular flexibility index (Phi) is 7.28. The molecule has 2 aromatic rings. The van der Waals surface area contributed by atoms with Crippen LogP contribution in [0, 0.1) is 0 Å². The van der Waals surface area contributed by atoms with Gasteiger partial charge in [-0.25, -0.2) is 5.43 Å². The second kappa shape index (κ2) is 9.68. The summed E-state index contributed by atoms with van der Waals surface area (Å²) >= 11 is 3.40. The molecule has 2 rings (SSSR count). The fourth-order valence-corrected chi connectivity index (χ4v) is 2.36. The molecule has 25 heavy (non-hydrogen) atoms. The van der Waals surface area contributed by atoms with E-state index in [1.54, 1.807) is 7.11 Å². The van der Waals surface area contributed by atoms with Crippen molar-refractivity contribution < 1.29 is 19.0 Å². The first kappa shape index (κ1) is 18.8. The van der Waals surface area contributed by atoms with Crippen LogP contribution in [0.15, 0.2) is 52.0 Å². The Morgan fingerprint density at radius 1 is 1.12 bits per heavy atom. The van der Waals surface area contributed by atoms with Gasteiger partial charge in [-0.15, -0.1) is 0 Å². The normalized spacial score (nSPS) is 10.5. The van der Waals surface area contributed by atoms with Crippen molar-refractivity contribution in [1.82, 2.24) is 5.43 Å². The lowest BCUT2D eigenvalue weighted by Gasteiger charge is -2.12. The van der Waals surface area contributed by atoms with Crippen LogP contribution in [0.1, 0.15) is 12.5 Å². The molecule has 132 valence electrons. The minimum absolute atomic E-state index is 0.237. The predicted octanol–water partition coefficient (Wildman–Crippen LogP) is 3.39. The van der Waals surface area contributed by atoms with Gasteiger partial charge in [0.15, 0.2) is 11.5 Å². The van der Waals surface area contributed by atoms with Crippen LogP contribution in [-0.4, -0.2) is 32.4 Å². The van der Waals surface area contributed by atoms with Crippen molar-refractivity contribution in [2.75, 3.05) is 20.3 Å². The number of amides is 1. The smallest absolute Gasteiger partial charge is 0.236 e. The molecule has 1 N–H and O–H groups in total. The number of rotatable bonds is 8. The molecular weight excluding hydrogens is 388 g/mol. The number of carbonyl (C=O) groups excluding carboxylic acids is 1. The summed E-state index contributed by atoms with van der Waals surface area (Å²) in [5, 5.41) is 3.87. The molecule has 0 aliphatic carbocycles. The first-order valence-electron chi connectivity index (χ1n) is 7.58. The summed E-state index contributed by atoms with van der Waals surface area (Å²) in [7, 11) is 1.60. The number of halogens is 1. The summed E-state index contributed by atoms with van der Waals surface area (Å²) in [4.78, 5) is 10.9. The predicted molar refractivity (Wildman–Crippen MR) is 99.5 cm³/mol. The van der Waals surface area contributed by atoms with Crippen molar-refractivity contribution in [3.8, 4) is 17.2 Å². The van der Waals surface area contributed by atoms with Crippen LogP contribution >= 0.6 is 15.9 Å². The van der Waals surface area contributed by atoms with Gasteiger partial charge in [-0.3, -0.25) is 4.79 Å². The van der Waals surface area contributed by atoms with Crippen LogP contribution in [-0.2, 0) is 4.79 Å². The van der Waals surface area contributed by atoms with Gasteiger partial charge in [0.2, 0.25) is 5.91 Å². The number of ether oxygens (including phenoxy) is 3. The molecule has 0 aliphatic rings. The van der Waals surface area contributed by atoms with E-state index < -0.39 is 0 Å². The Bertz CT molecular complexity index is 750. The maximum atomic E-state index is 10.9. The SMILES string of the molecule is COc1ccccc1OCCOc1ccc(Br)cc1/C=N/NC(C)=O. The highest BCUT2D eigenvalue weighted by molar-refractivity contribution is 9.10. The molecule has 0 bridgehead atoms. The summed E-state index contributed by atoms with van der Waals surface area (Å²) in [6, 6.07) is 13.0. The molecule has 0 saturated carbocycles. The van der Waals surface area contributed by atoms with E-state index in [0.717, 1.165) is 10.0 Å². The maximum Gasteiger partial charge on any atom is 0.236 e. The van der Waals surface area contributed by atoms with Gasteiger partial charge in [-0.1, -0.05) is 28.1 Å². The van der Waals surface area contributed by atoms with E-state index in [0.29, 0.717) is 30.5 Å². The number of methoxy groups -OCH3 is 1. The number of para-hydroxylation sites is 2. The summed E-state index contributed by atoms with van der Waals surface area (Å²) < 4.78 is 17.5. The Hall–Kier alpha value is -2.54. The highest BCUT2D eigenvalue weighted by Gasteiger charge is 2.05. The number of hydrogen-bond donors (Lipinski definition) is 1. The average molecular weight is 407 g/mol. The van der Waals surface area contributed by atoms with Crippen LogP contribution in [0.3, 0.4) is 0 Å². The summed E-state index contributed by atoms with van der Waals surface area (Å²) in [5.41, 5.74) is 3.10. The second-order valence-electron chi connectivity index (χ2n) is 4.96. The van der Waals surface area contributed by atoms with E-state index in [4.69, 9.17) is 14.2 Å². The van der Waals surface area contributed by atoms with Crippen molar-refractivity contribution in [2.45, 2.75) is 6.92 Å². The lowest BCUT2D eigenvalue weighted by Crippen LogP contribution is -2.13. The van der Waals surface area contributed by atoms with Gasteiger partial charge in [0.25, 0.3) is 0 Å². The maximum absolute atomic E-state index is 10.9. The number of hydrogen-bond acceptors (Lipinski definition) is 5. The Morgan fingerprint density at radius 2 is 1.80 bits per heavy atom. The Balaban J connectivity index is 1.94. The fourth-order valence-electron chi connectivity index (χ4n) is 1.99. The Morgan fingerprint density at radius 3 is 2.48 bits per heavy atom. The highest BCUT2D eigenvalue weighted by atomic mass is 79.9. The van der Waals surface area contributed by atoms with E-state index >= 15 is 0 Å². The fraction of sp³-hybridized carbons (Fsp3) is 0.222. The molecule has 0 atom stereocenters. The molecule has 1 amide bonds. The van der Waals surface area contributed by atoms with Crippen LogP contribution in [0.25, 0.3) is 0 Å². The van der Waals surface area contributed by atoms with Crippen LogP contribution in [0.5, 0.6) is 17.2 Å². The molecule has 0 fully saturated rings. The molecule has 6 nitrogen and oxygen atoms in total. The molecule has 0 aromatic heterocycles. The number of carbonyl (C=O) groups is 1. The van der Waals surface area contributed by atoms with Gasteiger partial charge in [0.05, 0.1) is 13.3 Å². The topological polar surface area (TPSA) is 69.2 Å². The summed E-state index contributed by atoms with van der Waals surface area (Å²) in [5.74, 6) is 1.74. The molecular formula is C18H19BrN2O4. The van der Waals surface area contributed by atoms with Gasteiger partial charge in [-0.05, 0) is 30.3 Å². The monoisotopic (exact) mass is 406 g/mol. The minimum Gasteiger partial charge on any atom is -0.493 e. The van der Waals surface area contributed by atoms with Crippen molar-refractivity contribution in [1.29, 1.82) is 0 Å². The van der Waals surface area contributed by atoms with Gasteiger partial charge in [0.1, 0.15) is 19.0 Å². The zero-order valence-corrected chi connectivity index (χ0v) is 15.6. The summed E-state index contributed by atoms with van der Waals surface area (Å²) in [6.45, 7) is 2.10. The van der Waals surface area contributed by atoms with Gasteiger partial charge in [-0.2, -0.15) is 5.10 Å². The average Bonchev–Trinajstić information content (AvgIpc) is 2.60. The van der Waals surface area contributed by atoms with Crippen molar-refractivity contribution in [2.24, 2.45) is 5.10 Å². The largest absolute Gasteiger partial charge is 0.493 e. The molecule has 0 saturated heterocycles. The van der Waals surface area contributed by atoms with Crippen molar-refractivity contribution in [3.63, 3.8) is 0 Å². The molecule has 2 aromatic carbocycles.